The molecule has 4 N–H and O–H groups in total. The van der Waals surface area contributed by atoms with Gasteiger partial charge in [0, 0.05) is 16.3 Å². The maximum absolute atomic E-state index is 13.2. The van der Waals surface area contributed by atoms with Gasteiger partial charge in [0.05, 0.1) is 37.0 Å². The molecule has 1 heterocycles. The third kappa shape index (κ3) is 3.02. The van der Waals surface area contributed by atoms with Crippen LogP contribution in [-0.2, 0) is 0 Å². The molecular weight excluding hydrogens is 378 g/mol. The molecule has 30 heavy (non-hydrogen) atoms. The van der Waals surface area contributed by atoms with Crippen molar-refractivity contribution in [3.8, 4) is 22.6 Å². The van der Waals surface area contributed by atoms with Crippen LogP contribution in [0.25, 0.3) is 32.9 Å². The molecule has 0 aliphatic carbocycles. The minimum Gasteiger partial charge on any atom is -0.495 e. The highest BCUT2D eigenvalue weighted by Crippen LogP contribution is 2.45. The van der Waals surface area contributed by atoms with Gasteiger partial charge in [0.1, 0.15) is 17.0 Å². The SMILES string of the molecule is COc1c(-c2ccccc2)c(N)c2nc3c(OC)cccc3cc2c1C(=O)[C@H](C)N. The van der Waals surface area contributed by atoms with Crippen molar-refractivity contribution in [2.45, 2.75) is 13.0 Å². The van der Waals surface area contributed by atoms with Gasteiger partial charge in [-0.15, -0.1) is 0 Å². The first kappa shape index (κ1) is 19.7. The van der Waals surface area contributed by atoms with E-state index in [1.165, 1.54) is 7.11 Å². The lowest BCUT2D eigenvalue weighted by atomic mass is 9.91. The number of aromatic nitrogens is 1. The summed E-state index contributed by atoms with van der Waals surface area (Å²) in [6.07, 6.45) is 0. The van der Waals surface area contributed by atoms with Gasteiger partial charge in [0.15, 0.2) is 5.78 Å². The molecule has 1 aromatic heterocycles. The normalized spacial score (nSPS) is 12.1. The van der Waals surface area contributed by atoms with Gasteiger partial charge in [0.25, 0.3) is 0 Å². The zero-order chi connectivity index (χ0) is 21.4. The van der Waals surface area contributed by atoms with Crippen molar-refractivity contribution in [2.24, 2.45) is 5.73 Å². The van der Waals surface area contributed by atoms with E-state index in [9.17, 15) is 4.79 Å². The number of pyridine rings is 1. The number of ether oxygens (including phenoxy) is 2. The van der Waals surface area contributed by atoms with E-state index in [1.54, 1.807) is 14.0 Å². The molecule has 0 aliphatic heterocycles. The number of ketones is 1. The molecule has 0 spiro atoms. The summed E-state index contributed by atoms with van der Waals surface area (Å²) in [7, 11) is 3.13. The molecule has 4 aromatic rings. The van der Waals surface area contributed by atoms with Gasteiger partial charge in [-0.05, 0) is 24.6 Å². The summed E-state index contributed by atoms with van der Waals surface area (Å²) in [5, 5.41) is 1.43. The second kappa shape index (κ2) is 7.65. The second-order valence-electron chi connectivity index (χ2n) is 7.13. The van der Waals surface area contributed by atoms with Crippen LogP contribution in [0.1, 0.15) is 17.3 Å². The van der Waals surface area contributed by atoms with Crippen LogP contribution >= 0.6 is 0 Å². The molecule has 6 heteroatoms. The minimum atomic E-state index is -0.713. The molecule has 0 amide bonds. The van der Waals surface area contributed by atoms with Crippen molar-refractivity contribution in [3.05, 3.63) is 60.2 Å². The zero-order valence-electron chi connectivity index (χ0n) is 17.1. The molecule has 6 nitrogen and oxygen atoms in total. The first-order chi connectivity index (χ1) is 14.5. The summed E-state index contributed by atoms with van der Waals surface area (Å²) in [5.74, 6) is 0.793. The molecule has 1 atom stereocenters. The van der Waals surface area contributed by atoms with Gasteiger partial charge in [-0.1, -0.05) is 42.5 Å². The lowest BCUT2D eigenvalue weighted by molar-refractivity contribution is 0.0967. The molecule has 0 radical (unpaired) electrons. The Morgan fingerprint density at radius 3 is 2.37 bits per heavy atom. The van der Waals surface area contributed by atoms with Crippen molar-refractivity contribution >= 4 is 33.3 Å². The average Bonchev–Trinajstić information content (AvgIpc) is 2.77. The van der Waals surface area contributed by atoms with Crippen LogP contribution in [0.15, 0.2) is 54.6 Å². The topological polar surface area (TPSA) is 100 Å². The Labute approximate surface area is 174 Å². The lowest BCUT2D eigenvalue weighted by Crippen LogP contribution is -2.27. The molecule has 0 saturated carbocycles. The van der Waals surface area contributed by atoms with Gasteiger partial charge >= 0.3 is 0 Å². The van der Waals surface area contributed by atoms with E-state index >= 15 is 0 Å². The van der Waals surface area contributed by atoms with Gasteiger partial charge in [0.2, 0.25) is 0 Å². The highest BCUT2D eigenvalue weighted by Gasteiger charge is 2.27. The number of hydrogen-bond donors (Lipinski definition) is 2. The summed E-state index contributed by atoms with van der Waals surface area (Å²) in [5.41, 5.74) is 16.1. The van der Waals surface area contributed by atoms with E-state index in [4.69, 9.17) is 25.9 Å². The maximum atomic E-state index is 13.2. The summed E-state index contributed by atoms with van der Waals surface area (Å²) in [4.78, 5) is 18.0. The number of hydrogen-bond acceptors (Lipinski definition) is 6. The van der Waals surface area contributed by atoms with E-state index < -0.39 is 6.04 Å². The number of nitrogens with zero attached hydrogens (tertiary/aromatic N) is 1. The van der Waals surface area contributed by atoms with Gasteiger partial charge < -0.3 is 20.9 Å². The monoisotopic (exact) mass is 401 g/mol. The van der Waals surface area contributed by atoms with E-state index in [0.29, 0.717) is 44.7 Å². The Morgan fingerprint density at radius 1 is 1.00 bits per heavy atom. The molecule has 0 unspecified atom stereocenters. The van der Waals surface area contributed by atoms with Crippen LogP contribution in [-0.4, -0.2) is 31.0 Å². The number of para-hydroxylation sites is 1. The fraction of sp³-hybridized carbons (Fsp3) is 0.167. The predicted molar refractivity (Wildman–Crippen MR) is 120 cm³/mol. The number of fused-ring (bicyclic) bond motifs is 2. The van der Waals surface area contributed by atoms with E-state index in [1.807, 2.05) is 54.6 Å². The smallest absolute Gasteiger partial charge is 0.183 e. The molecular formula is C24H23N3O3. The van der Waals surface area contributed by atoms with Crippen LogP contribution in [0, 0.1) is 0 Å². The number of carbonyl (C=O) groups is 1. The third-order valence-electron chi connectivity index (χ3n) is 5.20. The maximum Gasteiger partial charge on any atom is 0.183 e. The van der Waals surface area contributed by atoms with Gasteiger partial charge in [-0.3, -0.25) is 4.79 Å². The quantitative estimate of drug-likeness (QED) is 0.295. The molecule has 0 saturated heterocycles. The Bertz CT molecular complexity index is 1270. The summed E-state index contributed by atoms with van der Waals surface area (Å²) >= 11 is 0. The molecule has 0 bridgehead atoms. The average molecular weight is 401 g/mol. The number of nitrogens with two attached hydrogens (primary N) is 2. The summed E-state index contributed by atoms with van der Waals surface area (Å²) < 4.78 is 11.2. The predicted octanol–water partition coefficient (Wildman–Crippen LogP) is 4.18. The van der Waals surface area contributed by atoms with Crippen LogP contribution in [0.4, 0.5) is 5.69 Å². The Morgan fingerprint density at radius 2 is 1.73 bits per heavy atom. The molecule has 0 aliphatic rings. The van der Waals surface area contributed by atoms with Crippen LogP contribution in [0.2, 0.25) is 0 Å². The van der Waals surface area contributed by atoms with Crippen molar-refractivity contribution < 1.29 is 14.3 Å². The summed E-state index contributed by atoms with van der Waals surface area (Å²) in [6.45, 7) is 1.66. The number of benzene rings is 3. The number of Topliss-reactive ketones (excluding diaryl/α,β-unsaturated/α-hetero) is 1. The molecule has 3 aromatic carbocycles. The van der Waals surface area contributed by atoms with Crippen molar-refractivity contribution in [3.63, 3.8) is 0 Å². The highest BCUT2D eigenvalue weighted by atomic mass is 16.5. The number of carbonyl (C=O) groups excluding carboxylic acids is 1. The van der Waals surface area contributed by atoms with Crippen LogP contribution in [0.5, 0.6) is 11.5 Å². The first-order valence-corrected chi connectivity index (χ1v) is 9.60. The Kier molecular flexibility index (Phi) is 5.01. The minimum absolute atomic E-state index is 0.238. The van der Waals surface area contributed by atoms with Gasteiger partial charge in [-0.25, -0.2) is 4.98 Å². The number of anilines is 1. The number of methoxy groups -OCH3 is 2. The van der Waals surface area contributed by atoms with Crippen molar-refractivity contribution in [1.29, 1.82) is 0 Å². The fourth-order valence-corrected chi connectivity index (χ4v) is 3.79. The van der Waals surface area contributed by atoms with E-state index in [-0.39, 0.29) is 5.78 Å². The lowest BCUT2D eigenvalue weighted by Gasteiger charge is -2.20. The van der Waals surface area contributed by atoms with Crippen molar-refractivity contribution in [1.82, 2.24) is 4.98 Å². The Hall–Kier alpha value is -3.64. The summed E-state index contributed by atoms with van der Waals surface area (Å²) in [6, 6.07) is 16.4. The van der Waals surface area contributed by atoms with E-state index in [2.05, 4.69) is 0 Å². The van der Waals surface area contributed by atoms with E-state index in [0.717, 1.165) is 10.9 Å². The molecule has 152 valence electrons. The largest absolute Gasteiger partial charge is 0.495 e. The fourth-order valence-electron chi connectivity index (χ4n) is 3.79. The molecule has 0 fully saturated rings. The van der Waals surface area contributed by atoms with Crippen LogP contribution in [0.3, 0.4) is 0 Å². The highest BCUT2D eigenvalue weighted by molar-refractivity contribution is 6.19. The van der Waals surface area contributed by atoms with Crippen LogP contribution < -0.4 is 20.9 Å². The van der Waals surface area contributed by atoms with Gasteiger partial charge in [-0.2, -0.15) is 0 Å². The number of nitrogen functional groups attached to an aromatic ring is 1. The Balaban J connectivity index is 2.23. The zero-order valence-corrected chi connectivity index (χ0v) is 17.1. The first-order valence-electron chi connectivity index (χ1n) is 9.60. The third-order valence-corrected chi connectivity index (χ3v) is 5.20. The van der Waals surface area contributed by atoms with Crippen molar-refractivity contribution in [2.75, 3.05) is 20.0 Å². The second-order valence-corrected chi connectivity index (χ2v) is 7.13. The molecule has 4 rings (SSSR count). The standard InChI is InChI=1S/C24H23N3O3/c1-13(25)23(28)19-16-12-15-10-7-11-17(29-2)21(15)27-22(16)20(26)18(24(19)30-3)14-8-5-4-6-9-14/h4-13H,25-26H2,1-3H3/t13-/m0/s1. The number of rotatable bonds is 5.